The van der Waals surface area contributed by atoms with Crippen molar-refractivity contribution in [1.29, 1.82) is 0 Å². The minimum Gasteiger partial charge on any atom is -0.313 e. The fourth-order valence-corrected chi connectivity index (χ4v) is 4.19. The summed E-state index contributed by atoms with van der Waals surface area (Å²) in [5, 5.41) is 3.74. The molecule has 0 aromatic heterocycles. The maximum absolute atomic E-state index is 3.74. The second kappa shape index (κ2) is 7.64. The van der Waals surface area contributed by atoms with E-state index in [1.807, 2.05) is 0 Å². The number of nitrogens with zero attached hydrogens (tertiary/aromatic N) is 1. The molecule has 0 radical (unpaired) electrons. The zero-order valence-electron chi connectivity index (χ0n) is 13.3. The zero-order valence-corrected chi connectivity index (χ0v) is 13.3. The van der Waals surface area contributed by atoms with Crippen molar-refractivity contribution in [2.24, 2.45) is 11.8 Å². The summed E-state index contributed by atoms with van der Waals surface area (Å²) >= 11 is 0. The van der Waals surface area contributed by atoms with E-state index in [0.717, 1.165) is 23.9 Å². The Morgan fingerprint density at radius 1 is 1.11 bits per heavy atom. The van der Waals surface area contributed by atoms with Crippen LogP contribution in [0, 0.1) is 11.8 Å². The van der Waals surface area contributed by atoms with E-state index in [9.17, 15) is 0 Å². The number of rotatable bonds is 5. The number of hydrogen-bond acceptors (Lipinski definition) is 2. The molecule has 1 aliphatic carbocycles. The van der Waals surface area contributed by atoms with E-state index >= 15 is 0 Å². The smallest absolute Gasteiger partial charge is 0.0195 e. The van der Waals surface area contributed by atoms with Crippen molar-refractivity contribution in [3.05, 3.63) is 0 Å². The average Bonchev–Trinajstić information content (AvgIpc) is 2.45. The topological polar surface area (TPSA) is 15.3 Å². The van der Waals surface area contributed by atoms with Crippen molar-refractivity contribution in [3.63, 3.8) is 0 Å². The Morgan fingerprint density at radius 2 is 1.89 bits per heavy atom. The first-order valence-corrected chi connectivity index (χ1v) is 8.69. The summed E-state index contributed by atoms with van der Waals surface area (Å²) in [6, 6.07) is 1.63. The highest BCUT2D eigenvalue weighted by molar-refractivity contribution is 4.89. The van der Waals surface area contributed by atoms with E-state index in [2.05, 4.69) is 31.0 Å². The Hall–Kier alpha value is -0.0800. The molecule has 1 N–H and O–H groups in total. The molecule has 1 saturated carbocycles. The van der Waals surface area contributed by atoms with Gasteiger partial charge in [-0.05, 0) is 57.0 Å². The molecule has 2 nitrogen and oxygen atoms in total. The lowest BCUT2D eigenvalue weighted by Gasteiger charge is -2.45. The third-order valence-corrected chi connectivity index (χ3v) is 5.24. The van der Waals surface area contributed by atoms with Crippen LogP contribution >= 0.6 is 0 Å². The standard InChI is InChI=1S/C17H34N2/c1-4-11-18-15-8-7-12-19(13-15)17-10-6-5-9-16(17)14(2)3/h14-18H,4-13H2,1-3H3. The van der Waals surface area contributed by atoms with Gasteiger partial charge < -0.3 is 5.32 Å². The molecule has 0 amide bonds. The highest BCUT2D eigenvalue weighted by Gasteiger charge is 2.34. The first kappa shape index (κ1) is 15.3. The van der Waals surface area contributed by atoms with Gasteiger partial charge in [0.2, 0.25) is 0 Å². The molecule has 3 atom stereocenters. The molecular formula is C17H34N2. The van der Waals surface area contributed by atoms with Crippen LogP contribution < -0.4 is 5.32 Å². The van der Waals surface area contributed by atoms with Gasteiger partial charge in [0, 0.05) is 18.6 Å². The van der Waals surface area contributed by atoms with Gasteiger partial charge >= 0.3 is 0 Å². The molecule has 0 aromatic rings. The first-order valence-electron chi connectivity index (χ1n) is 8.69. The molecule has 3 unspecified atom stereocenters. The number of hydrogen-bond donors (Lipinski definition) is 1. The maximum atomic E-state index is 3.74. The molecule has 1 heterocycles. The van der Waals surface area contributed by atoms with E-state index < -0.39 is 0 Å². The summed E-state index contributed by atoms with van der Waals surface area (Å²) in [7, 11) is 0. The van der Waals surface area contributed by atoms with Gasteiger partial charge in [-0.25, -0.2) is 0 Å². The van der Waals surface area contributed by atoms with Gasteiger partial charge in [-0.2, -0.15) is 0 Å². The zero-order chi connectivity index (χ0) is 13.7. The van der Waals surface area contributed by atoms with Crippen molar-refractivity contribution in [3.8, 4) is 0 Å². The Labute approximate surface area is 120 Å². The molecule has 19 heavy (non-hydrogen) atoms. The van der Waals surface area contributed by atoms with E-state index in [4.69, 9.17) is 0 Å². The monoisotopic (exact) mass is 266 g/mol. The lowest BCUT2D eigenvalue weighted by Crippen LogP contribution is -2.53. The lowest BCUT2D eigenvalue weighted by molar-refractivity contribution is 0.0520. The number of piperidine rings is 1. The molecule has 1 saturated heterocycles. The van der Waals surface area contributed by atoms with Crippen molar-refractivity contribution >= 4 is 0 Å². The van der Waals surface area contributed by atoms with Crippen LogP contribution in [0.5, 0.6) is 0 Å². The molecule has 112 valence electrons. The van der Waals surface area contributed by atoms with Crippen molar-refractivity contribution in [2.45, 2.75) is 77.8 Å². The Bertz CT molecular complexity index is 252. The summed E-state index contributed by atoms with van der Waals surface area (Å²) < 4.78 is 0. The molecule has 0 bridgehead atoms. The quantitative estimate of drug-likeness (QED) is 0.817. The van der Waals surface area contributed by atoms with Crippen LogP contribution in [0.25, 0.3) is 0 Å². The van der Waals surface area contributed by atoms with E-state index in [0.29, 0.717) is 0 Å². The van der Waals surface area contributed by atoms with Gasteiger partial charge in [0.05, 0.1) is 0 Å². The van der Waals surface area contributed by atoms with Gasteiger partial charge in [-0.15, -0.1) is 0 Å². The Balaban J connectivity index is 1.91. The van der Waals surface area contributed by atoms with Crippen LogP contribution in [0.1, 0.15) is 65.7 Å². The molecule has 2 rings (SSSR count). The van der Waals surface area contributed by atoms with Crippen LogP contribution in [0.4, 0.5) is 0 Å². The summed E-state index contributed by atoms with van der Waals surface area (Å²) in [4.78, 5) is 2.83. The Morgan fingerprint density at radius 3 is 2.63 bits per heavy atom. The fraction of sp³-hybridized carbons (Fsp3) is 1.00. The van der Waals surface area contributed by atoms with Gasteiger partial charge in [0.1, 0.15) is 0 Å². The van der Waals surface area contributed by atoms with Crippen LogP contribution in [0.15, 0.2) is 0 Å². The summed E-state index contributed by atoms with van der Waals surface area (Å²) in [6.07, 6.45) is 9.87. The van der Waals surface area contributed by atoms with Gasteiger partial charge in [-0.1, -0.05) is 33.6 Å². The lowest BCUT2D eigenvalue weighted by atomic mass is 9.76. The third kappa shape index (κ3) is 4.19. The summed E-state index contributed by atoms with van der Waals surface area (Å²) in [6.45, 7) is 11.0. The van der Waals surface area contributed by atoms with E-state index in [1.54, 1.807) is 0 Å². The maximum Gasteiger partial charge on any atom is 0.0195 e. The molecule has 2 aliphatic rings. The van der Waals surface area contributed by atoms with E-state index in [1.165, 1.54) is 64.6 Å². The number of likely N-dealkylation sites (tertiary alicyclic amines) is 1. The van der Waals surface area contributed by atoms with Crippen molar-refractivity contribution < 1.29 is 0 Å². The van der Waals surface area contributed by atoms with Gasteiger partial charge in [0.25, 0.3) is 0 Å². The fourth-order valence-electron chi connectivity index (χ4n) is 4.19. The Kier molecular flexibility index (Phi) is 6.15. The highest BCUT2D eigenvalue weighted by atomic mass is 15.2. The van der Waals surface area contributed by atoms with Crippen LogP contribution in [0.3, 0.4) is 0 Å². The van der Waals surface area contributed by atoms with Crippen LogP contribution in [-0.4, -0.2) is 36.6 Å². The average molecular weight is 266 g/mol. The first-order chi connectivity index (χ1) is 9.22. The third-order valence-electron chi connectivity index (χ3n) is 5.24. The minimum absolute atomic E-state index is 0.753. The molecule has 2 fully saturated rings. The minimum atomic E-state index is 0.753. The van der Waals surface area contributed by atoms with Crippen molar-refractivity contribution in [2.75, 3.05) is 19.6 Å². The SMILES string of the molecule is CCCNC1CCCN(C2CCCCC2C(C)C)C1. The summed E-state index contributed by atoms with van der Waals surface area (Å²) in [5.41, 5.74) is 0. The van der Waals surface area contributed by atoms with Crippen LogP contribution in [0.2, 0.25) is 0 Å². The summed E-state index contributed by atoms with van der Waals surface area (Å²) in [5.74, 6) is 1.80. The normalized spacial score (nSPS) is 33.8. The van der Waals surface area contributed by atoms with Crippen molar-refractivity contribution in [1.82, 2.24) is 10.2 Å². The predicted molar refractivity (Wildman–Crippen MR) is 83.5 cm³/mol. The molecule has 2 heteroatoms. The molecule has 1 aliphatic heterocycles. The number of nitrogens with one attached hydrogen (secondary N) is 1. The van der Waals surface area contributed by atoms with E-state index in [-0.39, 0.29) is 0 Å². The molecule has 0 spiro atoms. The predicted octanol–water partition coefficient (Wildman–Crippen LogP) is 3.67. The van der Waals surface area contributed by atoms with Crippen LogP contribution in [-0.2, 0) is 0 Å². The second-order valence-electron chi connectivity index (χ2n) is 7.05. The second-order valence-corrected chi connectivity index (χ2v) is 7.05. The highest BCUT2D eigenvalue weighted by Crippen LogP contribution is 2.34. The molecular weight excluding hydrogens is 232 g/mol. The largest absolute Gasteiger partial charge is 0.313 e. The van der Waals surface area contributed by atoms with Gasteiger partial charge in [0.15, 0.2) is 0 Å². The molecule has 0 aromatic carbocycles. The van der Waals surface area contributed by atoms with Gasteiger partial charge in [-0.3, -0.25) is 4.90 Å².